The largest absolute Gasteiger partial charge is 0.470 e. The molecule has 1 aromatic rings. The summed E-state index contributed by atoms with van der Waals surface area (Å²) in [6.07, 6.45) is 1.31. The molecule has 1 aliphatic rings. The fourth-order valence-corrected chi connectivity index (χ4v) is 1.80. The summed E-state index contributed by atoms with van der Waals surface area (Å²) in [5.74, 6) is -0.389. The summed E-state index contributed by atoms with van der Waals surface area (Å²) >= 11 is 0. The van der Waals surface area contributed by atoms with Crippen molar-refractivity contribution in [3.8, 4) is 0 Å². The Balaban J connectivity index is 2.35. The van der Waals surface area contributed by atoms with E-state index in [1.165, 1.54) is 13.5 Å². The van der Waals surface area contributed by atoms with E-state index in [4.69, 9.17) is 9.47 Å². The zero-order chi connectivity index (χ0) is 11.6. The summed E-state index contributed by atoms with van der Waals surface area (Å²) in [5.41, 5.74) is 0.136. The third-order valence-electron chi connectivity index (χ3n) is 2.80. The second-order valence-electron chi connectivity index (χ2n) is 3.77. The van der Waals surface area contributed by atoms with Crippen molar-refractivity contribution in [2.24, 2.45) is 4.99 Å². The molecule has 1 aromatic carbocycles. The van der Waals surface area contributed by atoms with Gasteiger partial charge in [-0.25, -0.2) is 9.79 Å². The minimum Gasteiger partial charge on any atom is -0.470 e. The van der Waals surface area contributed by atoms with E-state index in [1.54, 1.807) is 0 Å². The molecule has 4 heteroatoms. The highest BCUT2D eigenvalue weighted by Gasteiger charge is 2.46. The number of carbonyl (C=O) groups is 1. The molecule has 2 atom stereocenters. The molecule has 0 N–H and O–H groups in total. The van der Waals surface area contributed by atoms with Crippen LogP contribution in [0.15, 0.2) is 35.3 Å². The van der Waals surface area contributed by atoms with Crippen molar-refractivity contribution in [2.45, 2.75) is 18.6 Å². The van der Waals surface area contributed by atoms with Crippen LogP contribution in [0.4, 0.5) is 0 Å². The van der Waals surface area contributed by atoms with Gasteiger partial charge in [-0.2, -0.15) is 0 Å². The highest BCUT2D eigenvalue weighted by atomic mass is 16.5. The highest BCUT2D eigenvalue weighted by molar-refractivity contribution is 5.81. The molecule has 16 heavy (non-hydrogen) atoms. The molecule has 0 saturated carbocycles. The summed E-state index contributed by atoms with van der Waals surface area (Å²) < 4.78 is 10.2. The van der Waals surface area contributed by atoms with Crippen molar-refractivity contribution in [3.05, 3.63) is 35.9 Å². The molecule has 1 aliphatic heterocycles. The molecular formula is C12H13NO3. The fourth-order valence-electron chi connectivity index (χ4n) is 1.80. The Labute approximate surface area is 93.9 Å². The fraction of sp³-hybridized carbons (Fsp3) is 0.333. The Morgan fingerprint density at radius 3 is 2.75 bits per heavy atom. The third-order valence-corrected chi connectivity index (χ3v) is 2.80. The maximum absolute atomic E-state index is 11.6. The van der Waals surface area contributed by atoms with E-state index >= 15 is 0 Å². The molecule has 0 aromatic heterocycles. The molecular weight excluding hydrogens is 206 g/mol. The molecule has 2 rings (SSSR count). The van der Waals surface area contributed by atoms with Gasteiger partial charge in [-0.15, -0.1) is 0 Å². The van der Waals surface area contributed by atoms with Crippen LogP contribution in [0.2, 0.25) is 0 Å². The Bertz CT molecular complexity index is 416. The van der Waals surface area contributed by atoms with Crippen molar-refractivity contribution in [2.75, 3.05) is 7.11 Å². The summed E-state index contributed by atoms with van der Waals surface area (Å²) in [4.78, 5) is 15.6. The Hall–Kier alpha value is -1.84. The number of methoxy groups -OCH3 is 1. The van der Waals surface area contributed by atoms with E-state index in [1.807, 2.05) is 37.3 Å². The molecule has 0 radical (unpaired) electrons. The minimum atomic E-state index is -0.769. The second-order valence-corrected chi connectivity index (χ2v) is 3.77. The first-order chi connectivity index (χ1) is 7.68. The quantitative estimate of drug-likeness (QED) is 0.708. The van der Waals surface area contributed by atoms with Gasteiger partial charge in [-0.1, -0.05) is 30.3 Å². The smallest absolute Gasteiger partial charge is 0.335 e. The van der Waals surface area contributed by atoms with E-state index in [0.29, 0.717) is 0 Å². The van der Waals surface area contributed by atoms with Crippen LogP contribution in [0.3, 0.4) is 0 Å². The maximum atomic E-state index is 11.6. The van der Waals surface area contributed by atoms with Crippen molar-refractivity contribution >= 4 is 12.4 Å². The first-order valence-corrected chi connectivity index (χ1v) is 5.01. The minimum absolute atomic E-state index is 0.389. The predicted octanol–water partition coefficient (Wildman–Crippen LogP) is 1.50. The lowest BCUT2D eigenvalue weighted by Crippen LogP contribution is -2.39. The average molecular weight is 219 g/mol. The van der Waals surface area contributed by atoms with Gasteiger partial charge in [-0.05, 0) is 12.5 Å². The molecule has 4 nitrogen and oxygen atoms in total. The van der Waals surface area contributed by atoms with Gasteiger partial charge in [-0.3, -0.25) is 0 Å². The molecule has 0 saturated heterocycles. The summed E-state index contributed by atoms with van der Waals surface area (Å²) in [6, 6.07) is 8.89. The zero-order valence-corrected chi connectivity index (χ0v) is 9.21. The van der Waals surface area contributed by atoms with Gasteiger partial charge in [0.15, 0.2) is 18.0 Å². The number of ether oxygens (including phenoxy) is 2. The molecule has 0 aliphatic carbocycles. The normalized spacial score (nSPS) is 27.5. The Morgan fingerprint density at radius 2 is 2.12 bits per heavy atom. The molecule has 0 fully saturated rings. The van der Waals surface area contributed by atoms with Crippen LogP contribution in [0.25, 0.3) is 0 Å². The SMILES string of the molecule is COC(=O)[C@@H]1N=CO[C@@]1(C)c1ccccc1. The molecule has 84 valence electrons. The standard InChI is InChI=1S/C12H13NO3/c1-12(9-6-4-3-5-7-9)10(11(14)15-2)13-8-16-12/h3-8,10H,1-2H3/t10-,12-/m0/s1. The summed E-state index contributed by atoms with van der Waals surface area (Å²) in [6.45, 7) is 1.83. The summed E-state index contributed by atoms with van der Waals surface area (Å²) in [7, 11) is 1.35. The van der Waals surface area contributed by atoms with Gasteiger partial charge >= 0.3 is 5.97 Å². The number of aliphatic imine (C=N–C) groups is 1. The van der Waals surface area contributed by atoms with E-state index in [2.05, 4.69) is 4.99 Å². The monoisotopic (exact) mass is 219 g/mol. The third kappa shape index (κ3) is 1.56. The maximum Gasteiger partial charge on any atom is 0.335 e. The van der Waals surface area contributed by atoms with Crippen molar-refractivity contribution < 1.29 is 14.3 Å². The lowest BCUT2D eigenvalue weighted by atomic mass is 9.89. The Morgan fingerprint density at radius 1 is 1.44 bits per heavy atom. The van der Waals surface area contributed by atoms with Gasteiger partial charge in [0.05, 0.1) is 7.11 Å². The van der Waals surface area contributed by atoms with Crippen LogP contribution in [0, 0.1) is 0 Å². The summed E-state index contributed by atoms with van der Waals surface area (Å²) in [5, 5.41) is 0. The van der Waals surface area contributed by atoms with E-state index in [-0.39, 0.29) is 5.97 Å². The van der Waals surface area contributed by atoms with Gasteiger partial charge in [0.25, 0.3) is 0 Å². The number of hydrogen-bond donors (Lipinski definition) is 0. The second kappa shape index (κ2) is 3.96. The van der Waals surface area contributed by atoms with Gasteiger partial charge in [0.2, 0.25) is 0 Å². The highest BCUT2D eigenvalue weighted by Crippen LogP contribution is 2.34. The van der Waals surface area contributed by atoms with Gasteiger partial charge in [0, 0.05) is 0 Å². The number of benzene rings is 1. The van der Waals surface area contributed by atoms with Gasteiger partial charge < -0.3 is 9.47 Å². The predicted molar refractivity (Wildman–Crippen MR) is 59.2 cm³/mol. The van der Waals surface area contributed by atoms with Crippen LogP contribution in [-0.4, -0.2) is 25.5 Å². The van der Waals surface area contributed by atoms with Crippen LogP contribution in [0.5, 0.6) is 0 Å². The Kier molecular flexibility index (Phi) is 2.64. The van der Waals surface area contributed by atoms with E-state index < -0.39 is 11.6 Å². The van der Waals surface area contributed by atoms with Crippen molar-refractivity contribution in [1.29, 1.82) is 0 Å². The lowest BCUT2D eigenvalue weighted by Gasteiger charge is -2.27. The zero-order valence-electron chi connectivity index (χ0n) is 9.21. The topological polar surface area (TPSA) is 47.9 Å². The van der Waals surface area contributed by atoms with Crippen LogP contribution in [0.1, 0.15) is 12.5 Å². The average Bonchev–Trinajstić information content (AvgIpc) is 2.73. The van der Waals surface area contributed by atoms with E-state index in [9.17, 15) is 4.79 Å². The van der Waals surface area contributed by atoms with Crippen LogP contribution < -0.4 is 0 Å². The number of nitrogens with zero attached hydrogens (tertiary/aromatic N) is 1. The molecule has 0 unspecified atom stereocenters. The van der Waals surface area contributed by atoms with E-state index in [0.717, 1.165) is 5.56 Å². The molecule has 0 amide bonds. The first kappa shape index (κ1) is 10.7. The lowest BCUT2D eigenvalue weighted by molar-refractivity contribution is -0.146. The molecule has 1 heterocycles. The van der Waals surface area contributed by atoms with Crippen molar-refractivity contribution in [1.82, 2.24) is 0 Å². The van der Waals surface area contributed by atoms with Gasteiger partial charge in [0.1, 0.15) is 0 Å². The van der Waals surface area contributed by atoms with Crippen LogP contribution >= 0.6 is 0 Å². The first-order valence-electron chi connectivity index (χ1n) is 5.01. The molecule has 0 bridgehead atoms. The van der Waals surface area contributed by atoms with Crippen molar-refractivity contribution in [3.63, 3.8) is 0 Å². The number of rotatable bonds is 2. The van der Waals surface area contributed by atoms with Crippen LogP contribution in [-0.2, 0) is 19.9 Å². The number of esters is 1. The number of carbonyl (C=O) groups excluding carboxylic acids is 1. The number of hydrogen-bond acceptors (Lipinski definition) is 4. The molecule has 0 spiro atoms.